The van der Waals surface area contributed by atoms with Crippen LogP contribution in [-0.4, -0.2) is 23.0 Å². The highest BCUT2D eigenvalue weighted by molar-refractivity contribution is 7.03. The van der Waals surface area contributed by atoms with Gasteiger partial charge in [-0.25, -0.2) is 4.98 Å². The number of hydrogen-bond acceptors (Lipinski definition) is 7. The average molecular weight is 1260 g/mol. The van der Waals surface area contributed by atoms with Gasteiger partial charge in [-0.1, -0.05) is 218 Å². The van der Waals surface area contributed by atoms with Crippen LogP contribution in [0.5, 0.6) is 0 Å². The lowest BCUT2D eigenvalue weighted by Crippen LogP contribution is -2.65. The fourth-order valence-electron chi connectivity index (χ4n) is 16.5. The predicted molar refractivity (Wildman–Crippen MR) is 416 cm³/mol. The number of benzene rings is 14. The fraction of sp³-hybridized carbons (Fsp3) is 0. The number of nitrogens with zero attached hydrogens (tertiary/aromatic N) is 8. The Balaban J connectivity index is 0.941. The summed E-state index contributed by atoms with van der Waals surface area (Å²) >= 11 is 0. The predicted octanol–water partition coefficient (Wildman–Crippen LogP) is 19.3. The van der Waals surface area contributed by atoms with Crippen molar-refractivity contribution in [3.05, 3.63) is 364 Å². The van der Waals surface area contributed by atoms with Crippen molar-refractivity contribution >= 4 is 171 Å². The van der Waals surface area contributed by atoms with Gasteiger partial charge in [-0.05, 0) is 172 Å². The number of pyridine rings is 1. The first-order valence-corrected chi connectivity index (χ1v) is 34.0. The Morgan fingerprint density at radius 3 is 1.06 bits per heavy atom. The Labute approximate surface area is 575 Å². The van der Waals surface area contributed by atoms with E-state index in [0.29, 0.717) is 0 Å². The van der Waals surface area contributed by atoms with Gasteiger partial charge in [0.1, 0.15) is 11.6 Å². The smallest absolute Gasteiger partial charge is 0.254 e. The molecule has 462 valence electrons. The lowest BCUT2D eigenvalue weighted by atomic mass is 9.30. The molecule has 0 spiro atoms. The van der Waals surface area contributed by atoms with Gasteiger partial charge in [0.15, 0.2) is 0 Å². The van der Waals surface area contributed by atoms with Crippen molar-refractivity contribution in [3.63, 3.8) is 0 Å². The van der Waals surface area contributed by atoms with Crippen LogP contribution in [-0.2, 0) is 0 Å². The van der Waals surface area contributed by atoms with Crippen LogP contribution in [0.1, 0.15) is 0 Å². The molecule has 0 radical (unpaired) electrons. The standard InChI is InChI=1S/C89H60B2N8/c1-8-32-61(33-9-1)93(62-34-10-2-11-35-62)68-56-83-87-84(57-68)97(67-44-20-7-21-45-67)81-59-82-74(58-73(81)90(87)71-48-24-28-52-77(71)95(83)65-40-16-5-17-41-65)91-72-49-25-29-53-78(72)96(66-42-18-6-19-43-66)85-60-86(94(63-36-12-3-13-37-63)64-38-14-4-15-39-64)92-89(88(85)91)99(82)80-55-31-30-54-79(80)98-75-50-26-22-46-69(75)70-47-23-27-51-76(70)98/h1-60H. The highest BCUT2D eigenvalue weighted by Gasteiger charge is 2.50. The van der Waals surface area contributed by atoms with Crippen LogP contribution in [0.4, 0.5) is 103 Å². The molecule has 0 saturated heterocycles. The molecule has 0 amide bonds. The van der Waals surface area contributed by atoms with Gasteiger partial charge in [-0.15, -0.1) is 0 Å². The molecule has 2 aromatic heterocycles. The third-order valence-corrected chi connectivity index (χ3v) is 20.4. The number of rotatable bonds is 11. The second kappa shape index (κ2) is 22.8. The largest absolute Gasteiger partial charge is 0.311 e. The van der Waals surface area contributed by atoms with E-state index < -0.39 is 0 Å². The van der Waals surface area contributed by atoms with Gasteiger partial charge < -0.3 is 24.2 Å². The van der Waals surface area contributed by atoms with Crippen molar-refractivity contribution in [2.75, 3.05) is 29.4 Å². The van der Waals surface area contributed by atoms with E-state index in [4.69, 9.17) is 4.98 Å². The van der Waals surface area contributed by atoms with Crippen LogP contribution in [0, 0.1) is 0 Å². The third-order valence-electron chi connectivity index (χ3n) is 20.4. The quantitative estimate of drug-likeness (QED) is 0.119. The van der Waals surface area contributed by atoms with Gasteiger partial charge in [0.25, 0.3) is 13.4 Å². The average Bonchev–Trinajstić information content (AvgIpc) is 0.966. The van der Waals surface area contributed by atoms with Crippen molar-refractivity contribution in [2.45, 2.75) is 0 Å². The summed E-state index contributed by atoms with van der Waals surface area (Å²) in [6, 6.07) is 133. The molecule has 10 heteroatoms. The lowest BCUT2D eigenvalue weighted by molar-refractivity contribution is 1.10. The third kappa shape index (κ3) is 8.79. The Kier molecular flexibility index (Phi) is 13.0. The lowest BCUT2D eigenvalue weighted by Gasteiger charge is -2.47. The van der Waals surface area contributed by atoms with E-state index in [1.807, 2.05) is 0 Å². The van der Waals surface area contributed by atoms with Crippen LogP contribution < -0.4 is 62.2 Å². The summed E-state index contributed by atoms with van der Waals surface area (Å²) in [5.41, 5.74) is 27.4. The SMILES string of the molecule is c1ccc(N(c2ccccc2)c2cc3c4c(c2)N(c2ccccc2)c2cc5c(cc2B4c2ccccc2N3c2ccccc2)B2c3ccccc3N(c3ccccc3)c3cc(N(c4ccccc4)c4ccccc4)nc(c32)N5c2ccccc2-n2c3ccccc3c3ccccc32)cc1. The molecule has 6 heterocycles. The van der Waals surface area contributed by atoms with Crippen LogP contribution in [0.25, 0.3) is 27.5 Å². The normalized spacial score (nSPS) is 12.9. The van der Waals surface area contributed by atoms with Crippen LogP contribution in [0.3, 0.4) is 0 Å². The highest BCUT2D eigenvalue weighted by Crippen LogP contribution is 2.53. The summed E-state index contributed by atoms with van der Waals surface area (Å²) in [4.78, 5) is 21.1. The van der Waals surface area contributed by atoms with E-state index in [0.717, 1.165) is 125 Å². The molecule has 20 rings (SSSR count). The molecule has 8 nitrogen and oxygen atoms in total. The first-order chi connectivity index (χ1) is 49.2. The molecule has 14 aromatic carbocycles. The molecule has 16 aromatic rings. The summed E-state index contributed by atoms with van der Waals surface area (Å²) < 4.78 is 2.48. The molecule has 0 bridgehead atoms. The molecular weight excluding hydrogens is 1200 g/mol. The van der Waals surface area contributed by atoms with E-state index in [9.17, 15) is 0 Å². The first kappa shape index (κ1) is 56.3. The molecule has 0 saturated carbocycles. The number of anilines is 18. The molecule has 0 unspecified atom stereocenters. The maximum Gasteiger partial charge on any atom is 0.254 e. The minimum absolute atomic E-state index is 0.216. The fourth-order valence-corrected chi connectivity index (χ4v) is 16.5. The van der Waals surface area contributed by atoms with Crippen LogP contribution >= 0.6 is 0 Å². The minimum Gasteiger partial charge on any atom is -0.311 e. The van der Waals surface area contributed by atoms with Gasteiger partial charge in [0.2, 0.25) is 0 Å². The summed E-state index contributed by atoms with van der Waals surface area (Å²) in [5.74, 6) is 1.62. The number of aromatic nitrogens is 2. The summed E-state index contributed by atoms with van der Waals surface area (Å²) in [5, 5.41) is 2.38. The van der Waals surface area contributed by atoms with Gasteiger partial charge in [-0.2, -0.15) is 0 Å². The van der Waals surface area contributed by atoms with Gasteiger partial charge >= 0.3 is 0 Å². The molecule has 4 aliphatic heterocycles. The molecule has 0 N–H and O–H groups in total. The Hall–Kier alpha value is -13.0. The highest BCUT2D eigenvalue weighted by atomic mass is 15.3. The van der Waals surface area contributed by atoms with Gasteiger partial charge in [0.05, 0.1) is 28.1 Å². The van der Waals surface area contributed by atoms with Gasteiger partial charge in [0, 0.05) is 96.5 Å². The van der Waals surface area contributed by atoms with Crippen LogP contribution in [0.2, 0.25) is 0 Å². The van der Waals surface area contributed by atoms with Crippen LogP contribution in [0.15, 0.2) is 364 Å². The summed E-state index contributed by atoms with van der Waals surface area (Å²) in [6.45, 7) is -0.503. The molecule has 0 atom stereocenters. The van der Waals surface area contributed by atoms with E-state index in [-0.39, 0.29) is 13.4 Å². The van der Waals surface area contributed by atoms with Crippen molar-refractivity contribution < 1.29 is 0 Å². The molecule has 4 aliphatic rings. The second-order valence-electron chi connectivity index (χ2n) is 25.8. The van der Waals surface area contributed by atoms with E-state index in [2.05, 4.69) is 398 Å². The second-order valence-corrected chi connectivity index (χ2v) is 25.8. The first-order valence-electron chi connectivity index (χ1n) is 34.0. The molecule has 0 fully saturated rings. The molecule has 99 heavy (non-hydrogen) atoms. The minimum atomic E-state index is -0.287. The van der Waals surface area contributed by atoms with E-state index in [1.54, 1.807) is 0 Å². The maximum absolute atomic E-state index is 6.29. The summed E-state index contributed by atoms with van der Waals surface area (Å²) in [7, 11) is 0. The Morgan fingerprint density at radius 2 is 0.586 bits per heavy atom. The Morgan fingerprint density at radius 1 is 0.232 bits per heavy atom. The number of para-hydroxylation sites is 13. The van der Waals surface area contributed by atoms with Crippen molar-refractivity contribution in [1.82, 2.24) is 9.55 Å². The molecular formula is C89H60B2N8. The maximum atomic E-state index is 6.29. The zero-order valence-electron chi connectivity index (χ0n) is 53.9. The zero-order valence-corrected chi connectivity index (χ0v) is 53.9. The summed E-state index contributed by atoms with van der Waals surface area (Å²) in [6.07, 6.45) is 0. The van der Waals surface area contributed by atoms with Crippen molar-refractivity contribution in [2.24, 2.45) is 0 Å². The monoisotopic (exact) mass is 1260 g/mol. The van der Waals surface area contributed by atoms with Gasteiger partial charge in [-0.3, -0.25) is 9.80 Å². The van der Waals surface area contributed by atoms with E-state index >= 15 is 0 Å². The van der Waals surface area contributed by atoms with Crippen molar-refractivity contribution in [3.8, 4) is 5.69 Å². The topological polar surface area (TPSA) is 37.3 Å². The molecule has 0 aliphatic carbocycles. The number of fused-ring (bicyclic) bond motifs is 11. The van der Waals surface area contributed by atoms with E-state index in [1.165, 1.54) is 38.1 Å². The number of hydrogen-bond donors (Lipinski definition) is 0. The zero-order chi connectivity index (χ0) is 65.1. The van der Waals surface area contributed by atoms with Crippen molar-refractivity contribution in [1.29, 1.82) is 0 Å². The Bertz CT molecular complexity index is 5670.